The highest BCUT2D eigenvalue weighted by Crippen LogP contribution is 2.24. The zero-order valence-electron chi connectivity index (χ0n) is 11.2. The third-order valence-corrected chi connectivity index (χ3v) is 4.45. The van der Waals surface area contributed by atoms with Gasteiger partial charge >= 0.3 is 0 Å². The number of halogens is 2. The molecule has 1 amide bonds. The van der Waals surface area contributed by atoms with Crippen molar-refractivity contribution >= 4 is 33.4 Å². The number of likely N-dealkylation sites (N-methyl/N-ethyl adjacent to an activating group) is 2. The van der Waals surface area contributed by atoms with Crippen molar-refractivity contribution in [2.75, 3.05) is 27.2 Å². The van der Waals surface area contributed by atoms with Gasteiger partial charge in [0.05, 0.1) is 10.6 Å². The van der Waals surface area contributed by atoms with Crippen LogP contribution in [0.1, 0.15) is 23.2 Å². The number of hydrogen-bond acceptors (Lipinski definition) is 2. The molecule has 0 spiro atoms. The summed E-state index contributed by atoms with van der Waals surface area (Å²) >= 11 is 9.51. The Hall–Kier alpha value is -0.580. The van der Waals surface area contributed by atoms with Crippen LogP contribution in [0.4, 0.5) is 0 Å². The second kappa shape index (κ2) is 6.25. The van der Waals surface area contributed by atoms with Gasteiger partial charge < -0.3 is 9.80 Å². The van der Waals surface area contributed by atoms with E-state index in [9.17, 15) is 4.79 Å². The molecule has 1 saturated heterocycles. The summed E-state index contributed by atoms with van der Waals surface area (Å²) in [5, 5.41) is 0.504. The van der Waals surface area contributed by atoms with Crippen molar-refractivity contribution in [2.24, 2.45) is 0 Å². The maximum absolute atomic E-state index is 12.5. The molecule has 5 heteroatoms. The highest BCUT2D eigenvalue weighted by atomic mass is 79.9. The van der Waals surface area contributed by atoms with Crippen LogP contribution < -0.4 is 0 Å². The Morgan fingerprint density at radius 1 is 1.53 bits per heavy atom. The average Bonchev–Trinajstić information content (AvgIpc) is 2.40. The standard InChI is InChI=1S/C14H18BrClN2O/c1-17-7-3-4-11(9-17)18(2)14(19)12-8-10(15)5-6-13(12)16/h5-6,8,11H,3-4,7,9H2,1-2H3. The highest BCUT2D eigenvalue weighted by molar-refractivity contribution is 9.10. The first-order valence-electron chi connectivity index (χ1n) is 6.40. The number of amides is 1. The van der Waals surface area contributed by atoms with Crippen LogP contribution >= 0.6 is 27.5 Å². The first-order chi connectivity index (χ1) is 8.99. The fraction of sp³-hybridized carbons (Fsp3) is 0.500. The molecular formula is C14H18BrClN2O. The third-order valence-electron chi connectivity index (χ3n) is 3.63. The molecule has 0 bridgehead atoms. The zero-order chi connectivity index (χ0) is 14.0. The number of piperidine rings is 1. The Labute approximate surface area is 127 Å². The van der Waals surface area contributed by atoms with Gasteiger partial charge in [0.15, 0.2) is 0 Å². The second-order valence-electron chi connectivity index (χ2n) is 5.10. The lowest BCUT2D eigenvalue weighted by Crippen LogP contribution is -2.47. The number of nitrogens with zero attached hydrogens (tertiary/aromatic N) is 2. The van der Waals surface area contributed by atoms with Crippen molar-refractivity contribution in [3.8, 4) is 0 Å². The van der Waals surface area contributed by atoms with E-state index in [0.717, 1.165) is 30.4 Å². The Balaban J connectivity index is 2.16. The molecule has 1 atom stereocenters. The van der Waals surface area contributed by atoms with Gasteiger partial charge in [-0.2, -0.15) is 0 Å². The topological polar surface area (TPSA) is 23.6 Å². The van der Waals surface area contributed by atoms with Gasteiger partial charge in [-0.15, -0.1) is 0 Å². The number of carbonyl (C=O) groups excluding carboxylic acids is 1. The lowest BCUT2D eigenvalue weighted by molar-refractivity contribution is 0.0644. The van der Waals surface area contributed by atoms with Crippen LogP contribution in [0.3, 0.4) is 0 Å². The molecule has 1 aliphatic heterocycles. The lowest BCUT2D eigenvalue weighted by atomic mass is 10.0. The van der Waals surface area contributed by atoms with E-state index in [1.807, 2.05) is 18.0 Å². The summed E-state index contributed by atoms with van der Waals surface area (Å²) in [5.41, 5.74) is 0.562. The Morgan fingerprint density at radius 2 is 2.26 bits per heavy atom. The molecule has 2 rings (SSSR count). The van der Waals surface area contributed by atoms with E-state index in [0.29, 0.717) is 10.6 Å². The van der Waals surface area contributed by atoms with E-state index in [1.165, 1.54) is 0 Å². The van der Waals surface area contributed by atoms with E-state index in [4.69, 9.17) is 11.6 Å². The molecule has 1 unspecified atom stereocenters. The molecule has 0 N–H and O–H groups in total. The molecule has 3 nitrogen and oxygen atoms in total. The molecule has 0 saturated carbocycles. The van der Waals surface area contributed by atoms with Crippen LogP contribution in [-0.2, 0) is 0 Å². The molecule has 19 heavy (non-hydrogen) atoms. The SMILES string of the molecule is CN1CCCC(N(C)C(=O)c2cc(Br)ccc2Cl)C1. The summed E-state index contributed by atoms with van der Waals surface area (Å²) in [6.45, 7) is 2.03. The van der Waals surface area contributed by atoms with Crippen molar-refractivity contribution in [2.45, 2.75) is 18.9 Å². The van der Waals surface area contributed by atoms with Crippen LogP contribution in [0.15, 0.2) is 22.7 Å². The Bertz CT molecular complexity index is 481. The molecule has 1 heterocycles. The number of rotatable bonds is 2. The molecule has 1 aromatic rings. The van der Waals surface area contributed by atoms with Crippen LogP contribution in [-0.4, -0.2) is 48.9 Å². The van der Waals surface area contributed by atoms with Gasteiger partial charge in [-0.3, -0.25) is 4.79 Å². The molecule has 1 fully saturated rings. The van der Waals surface area contributed by atoms with E-state index in [1.54, 1.807) is 12.1 Å². The Kier molecular flexibility index (Phi) is 4.87. The van der Waals surface area contributed by atoms with Gasteiger partial charge in [0, 0.05) is 24.1 Å². The maximum Gasteiger partial charge on any atom is 0.255 e. The van der Waals surface area contributed by atoms with Gasteiger partial charge in [0.2, 0.25) is 0 Å². The first-order valence-corrected chi connectivity index (χ1v) is 7.57. The molecule has 1 aliphatic rings. The van der Waals surface area contributed by atoms with E-state index in [-0.39, 0.29) is 11.9 Å². The molecular weight excluding hydrogens is 328 g/mol. The molecule has 0 radical (unpaired) electrons. The average molecular weight is 346 g/mol. The van der Waals surface area contributed by atoms with Crippen molar-refractivity contribution in [1.82, 2.24) is 9.80 Å². The minimum atomic E-state index is -0.00778. The summed E-state index contributed by atoms with van der Waals surface area (Å²) < 4.78 is 0.870. The normalized spacial score (nSPS) is 20.3. The molecule has 104 valence electrons. The van der Waals surface area contributed by atoms with Gasteiger partial charge in [-0.05, 0) is 44.6 Å². The Morgan fingerprint density at radius 3 is 2.95 bits per heavy atom. The van der Waals surface area contributed by atoms with Gasteiger partial charge in [-0.25, -0.2) is 0 Å². The quantitative estimate of drug-likeness (QED) is 0.821. The third kappa shape index (κ3) is 3.50. The summed E-state index contributed by atoms with van der Waals surface area (Å²) in [6, 6.07) is 5.64. The largest absolute Gasteiger partial charge is 0.337 e. The fourth-order valence-electron chi connectivity index (χ4n) is 2.47. The predicted molar refractivity (Wildman–Crippen MR) is 81.8 cm³/mol. The fourth-order valence-corrected chi connectivity index (χ4v) is 3.03. The molecule has 0 aromatic heterocycles. The minimum Gasteiger partial charge on any atom is -0.337 e. The monoisotopic (exact) mass is 344 g/mol. The van der Waals surface area contributed by atoms with Crippen LogP contribution in [0.25, 0.3) is 0 Å². The minimum absolute atomic E-state index is 0.00778. The summed E-state index contributed by atoms with van der Waals surface area (Å²) in [4.78, 5) is 16.6. The summed E-state index contributed by atoms with van der Waals surface area (Å²) in [5.74, 6) is -0.00778. The van der Waals surface area contributed by atoms with Gasteiger partial charge in [0.25, 0.3) is 5.91 Å². The van der Waals surface area contributed by atoms with E-state index >= 15 is 0 Å². The lowest BCUT2D eigenvalue weighted by Gasteiger charge is -2.36. The predicted octanol–water partition coefficient (Wildman–Crippen LogP) is 3.27. The van der Waals surface area contributed by atoms with Gasteiger partial charge in [0.1, 0.15) is 0 Å². The van der Waals surface area contributed by atoms with Crippen molar-refractivity contribution in [3.63, 3.8) is 0 Å². The van der Waals surface area contributed by atoms with Crippen molar-refractivity contribution < 1.29 is 4.79 Å². The zero-order valence-corrected chi connectivity index (χ0v) is 13.5. The van der Waals surface area contributed by atoms with Crippen LogP contribution in [0.5, 0.6) is 0 Å². The molecule has 1 aromatic carbocycles. The number of likely N-dealkylation sites (tertiary alicyclic amines) is 1. The number of hydrogen-bond donors (Lipinski definition) is 0. The maximum atomic E-state index is 12.5. The van der Waals surface area contributed by atoms with Crippen molar-refractivity contribution in [3.05, 3.63) is 33.3 Å². The number of benzene rings is 1. The van der Waals surface area contributed by atoms with Gasteiger partial charge in [-0.1, -0.05) is 27.5 Å². The van der Waals surface area contributed by atoms with E-state index < -0.39 is 0 Å². The first kappa shape index (κ1) is 14.8. The molecule has 0 aliphatic carbocycles. The summed E-state index contributed by atoms with van der Waals surface area (Å²) in [7, 11) is 3.96. The van der Waals surface area contributed by atoms with Crippen molar-refractivity contribution in [1.29, 1.82) is 0 Å². The number of carbonyl (C=O) groups is 1. The van der Waals surface area contributed by atoms with Crippen LogP contribution in [0.2, 0.25) is 5.02 Å². The smallest absolute Gasteiger partial charge is 0.255 e. The second-order valence-corrected chi connectivity index (χ2v) is 6.42. The highest BCUT2D eigenvalue weighted by Gasteiger charge is 2.26. The summed E-state index contributed by atoms with van der Waals surface area (Å²) in [6.07, 6.45) is 2.18. The van der Waals surface area contributed by atoms with Crippen LogP contribution in [0, 0.1) is 0 Å². The van der Waals surface area contributed by atoms with E-state index in [2.05, 4.69) is 27.9 Å².